The summed E-state index contributed by atoms with van der Waals surface area (Å²) in [4.78, 5) is 41.6. The van der Waals surface area contributed by atoms with Crippen LogP contribution in [0.25, 0.3) is 5.65 Å². The van der Waals surface area contributed by atoms with Gasteiger partial charge < -0.3 is 4.74 Å². The first-order valence-corrected chi connectivity index (χ1v) is 10.8. The summed E-state index contributed by atoms with van der Waals surface area (Å²) >= 11 is 1.24. The highest BCUT2D eigenvalue weighted by molar-refractivity contribution is 7.99. The second-order valence-electron chi connectivity index (χ2n) is 7.38. The molecule has 0 spiro atoms. The molecule has 0 bridgehead atoms. The number of carbonyl (C=O) groups excluding carboxylic acids is 1. The number of hydrogen-bond acceptors (Lipinski definition) is 7. The van der Waals surface area contributed by atoms with Crippen LogP contribution in [0.3, 0.4) is 0 Å². The average Bonchev–Trinajstić information content (AvgIpc) is 2.79. The quantitative estimate of drug-likeness (QED) is 0.232. The van der Waals surface area contributed by atoms with E-state index in [2.05, 4.69) is 4.98 Å². The molecule has 0 atom stereocenters. The van der Waals surface area contributed by atoms with E-state index in [1.165, 1.54) is 40.4 Å². The van der Waals surface area contributed by atoms with Crippen molar-refractivity contribution in [2.24, 2.45) is 0 Å². The maximum atomic E-state index is 12.5. The van der Waals surface area contributed by atoms with Crippen LogP contribution in [0, 0.1) is 24.0 Å². The number of pyridine rings is 1. The van der Waals surface area contributed by atoms with Crippen molar-refractivity contribution in [2.45, 2.75) is 30.2 Å². The van der Waals surface area contributed by atoms with Gasteiger partial charge in [-0.05, 0) is 50.2 Å². The van der Waals surface area contributed by atoms with Crippen LogP contribution >= 0.6 is 11.8 Å². The normalized spacial score (nSPS) is 10.8. The summed E-state index contributed by atoms with van der Waals surface area (Å²) in [6.07, 6.45) is 0. The van der Waals surface area contributed by atoms with Crippen LogP contribution in [0.1, 0.15) is 27.3 Å². The molecule has 2 aromatic heterocycles. The minimum atomic E-state index is -0.740. The van der Waals surface area contributed by atoms with Gasteiger partial charge in [-0.3, -0.25) is 19.3 Å². The standard InChI is InChI=1S/C24H19N3O5S/c1-15-6-9-19(10-7-15)33-21-11-8-17(12-20(21)27(30)31)24(29)32-14-18-13-23(28)26-16(2)4-3-5-22(26)25-18/h3-13H,14H2,1-2H3. The molecule has 0 aliphatic heterocycles. The molecule has 33 heavy (non-hydrogen) atoms. The molecule has 2 aromatic carbocycles. The Hall–Kier alpha value is -3.98. The molecular formula is C24H19N3O5S. The highest BCUT2D eigenvalue weighted by Gasteiger charge is 2.19. The number of aromatic nitrogens is 2. The van der Waals surface area contributed by atoms with Gasteiger partial charge in [-0.25, -0.2) is 9.78 Å². The van der Waals surface area contributed by atoms with Crippen molar-refractivity contribution in [1.82, 2.24) is 9.38 Å². The SMILES string of the molecule is Cc1ccc(Sc2ccc(C(=O)OCc3cc(=O)n4c(C)cccc4n3)cc2[N+](=O)[O-])cc1. The van der Waals surface area contributed by atoms with E-state index in [1.54, 1.807) is 25.1 Å². The Morgan fingerprint density at radius 2 is 1.85 bits per heavy atom. The zero-order valence-electron chi connectivity index (χ0n) is 17.8. The van der Waals surface area contributed by atoms with Crippen LogP contribution < -0.4 is 5.56 Å². The number of nitrogens with zero attached hydrogens (tertiary/aromatic N) is 3. The molecule has 0 saturated heterocycles. The number of nitro groups is 1. The van der Waals surface area contributed by atoms with Crippen LogP contribution in [-0.2, 0) is 11.3 Å². The summed E-state index contributed by atoms with van der Waals surface area (Å²) < 4.78 is 6.73. The molecule has 0 aliphatic carbocycles. The van der Waals surface area contributed by atoms with E-state index in [9.17, 15) is 19.7 Å². The smallest absolute Gasteiger partial charge is 0.338 e. The van der Waals surface area contributed by atoms with Crippen molar-refractivity contribution in [1.29, 1.82) is 0 Å². The third kappa shape index (κ3) is 4.93. The first-order chi connectivity index (χ1) is 15.8. The maximum absolute atomic E-state index is 12.5. The van der Waals surface area contributed by atoms with Crippen LogP contribution in [0.5, 0.6) is 0 Å². The molecule has 0 fully saturated rings. The molecule has 0 unspecified atom stereocenters. The van der Waals surface area contributed by atoms with Crippen LogP contribution in [-0.4, -0.2) is 20.3 Å². The van der Waals surface area contributed by atoms with Gasteiger partial charge in [0.2, 0.25) is 0 Å². The molecule has 0 N–H and O–H groups in total. The number of benzene rings is 2. The molecular weight excluding hydrogens is 442 g/mol. The summed E-state index contributed by atoms with van der Waals surface area (Å²) in [6, 6.07) is 18.4. The zero-order chi connectivity index (χ0) is 23.5. The summed E-state index contributed by atoms with van der Waals surface area (Å²) in [6.45, 7) is 3.53. The Morgan fingerprint density at radius 3 is 2.58 bits per heavy atom. The van der Waals surface area contributed by atoms with Crippen molar-refractivity contribution in [3.8, 4) is 0 Å². The molecule has 0 radical (unpaired) electrons. The summed E-state index contributed by atoms with van der Waals surface area (Å²) in [5.41, 5.74) is 2.14. The second kappa shape index (κ2) is 9.25. The molecule has 166 valence electrons. The van der Waals surface area contributed by atoms with Gasteiger partial charge >= 0.3 is 5.97 Å². The van der Waals surface area contributed by atoms with E-state index >= 15 is 0 Å². The number of aryl methyl sites for hydroxylation is 2. The van der Waals surface area contributed by atoms with Crippen molar-refractivity contribution >= 4 is 29.1 Å². The minimum Gasteiger partial charge on any atom is -0.456 e. The van der Waals surface area contributed by atoms with E-state index in [1.807, 2.05) is 31.2 Å². The lowest BCUT2D eigenvalue weighted by Gasteiger charge is -2.08. The van der Waals surface area contributed by atoms with Crippen molar-refractivity contribution in [2.75, 3.05) is 0 Å². The summed E-state index contributed by atoms with van der Waals surface area (Å²) in [7, 11) is 0. The predicted molar refractivity (Wildman–Crippen MR) is 124 cm³/mol. The fourth-order valence-electron chi connectivity index (χ4n) is 3.27. The fourth-order valence-corrected chi connectivity index (χ4v) is 4.17. The fraction of sp³-hybridized carbons (Fsp3) is 0.125. The van der Waals surface area contributed by atoms with E-state index in [0.29, 0.717) is 16.2 Å². The topological polar surface area (TPSA) is 104 Å². The molecule has 0 saturated carbocycles. The number of esters is 1. The van der Waals surface area contributed by atoms with Gasteiger partial charge in [-0.15, -0.1) is 0 Å². The minimum absolute atomic E-state index is 0.0447. The Balaban J connectivity index is 1.53. The Bertz CT molecular complexity index is 1430. The number of rotatable bonds is 6. The number of hydrogen-bond donors (Lipinski definition) is 0. The number of carbonyl (C=O) groups is 1. The molecule has 4 aromatic rings. The third-order valence-corrected chi connectivity index (χ3v) is 6.00. The molecule has 4 rings (SSSR count). The lowest BCUT2D eigenvalue weighted by Crippen LogP contribution is -2.18. The van der Waals surface area contributed by atoms with E-state index in [0.717, 1.165) is 16.2 Å². The van der Waals surface area contributed by atoms with Crippen molar-refractivity contribution < 1.29 is 14.5 Å². The largest absolute Gasteiger partial charge is 0.456 e. The van der Waals surface area contributed by atoms with E-state index < -0.39 is 10.9 Å². The molecule has 2 heterocycles. The molecule has 0 aliphatic rings. The van der Waals surface area contributed by atoms with Gasteiger partial charge in [0.15, 0.2) is 0 Å². The Labute approximate surface area is 193 Å². The lowest BCUT2D eigenvalue weighted by molar-refractivity contribution is -0.387. The summed E-state index contributed by atoms with van der Waals surface area (Å²) in [5.74, 6) is -0.740. The van der Waals surface area contributed by atoms with Gasteiger partial charge in [0.25, 0.3) is 11.2 Å². The zero-order valence-corrected chi connectivity index (χ0v) is 18.7. The first-order valence-electron chi connectivity index (χ1n) is 10.0. The number of ether oxygens (including phenoxy) is 1. The predicted octanol–water partition coefficient (Wildman–Crippen LogP) is 4.73. The van der Waals surface area contributed by atoms with Gasteiger partial charge in [0, 0.05) is 22.7 Å². The van der Waals surface area contributed by atoms with Gasteiger partial charge in [0.05, 0.1) is 21.1 Å². The van der Waals surface area contributed by atoms with Gasteiger partial charge in [0.1, 0.15) is 12.3 Å². The monoisotopic (exact) mass is 461 g/mol. The van der Waals surface area contributed by atoms with Gasteiger partial charge in [-0.1, -0.05) is 35.5 Å². The number of nitro benzene ring substituents is 1. The lowest BCUT2D eigenvalue weighted by atomic mass is 10.2. The van der Waals surface area contributed by atoms with Gasteiger partial charge in [-0.2, -0.15) is 0 Å². The molecule has 0 amide bonds. The van der Waals surface area contributed by atoms with Crippen LogP contribution in [0.2, 0.25) is 0 Å². The summed E-state index contributed by atoms with van der Waals surface area (Å²) in [5, 5.41) is 11.6. The van der Waals surface area contributed by atoms with Crippen LogP contribution in [0.15, 0.2) is 81.3 Å². The highest BCUT2D eigenvalue weighted by atomic mass is 32.2. The Kier molecular flexibility index (Phi) is 6.23. The maximum Gasteiger partial charge on any atom is 0.338 e. The Morgan fingerprint density at radius 1 is 1.09 bits per heavy atom. The van der Waals surface area contributed by atoms with Crippen molar-refractivity contribution in [3.05, 3.63) is 110 Å². The average molecular weight is 461 g/mol. The molecule has 8 nitrogen and oxygen atoms in total. The third-order valence-electron chi connectivity index (χ3n) is 4.92. The van der Waals surface area contributed by atoms with E-state index in [4.69, 9.17) is 4.74 Å². The van der Waals surface area contributed by atoms with Crippen LogP contribution in [0.4, 0.5) is 5.69 Å². The number of fused-ring (bicyclic) bond motifs is 1. The van der Waals surface area contributed by atoms with E-state index in [-0.39, 0.29) is 23.4 Å². The molecule has 9 heteroatoms. The first kappa shape index (κ1) is 22.2. The second-order valence-corrected chi connectivity index (χ2v) is 8.49. The van der Waals surface area contributed by atoms with Crippen molar-refractivity contribution in [3.63, 3.8) is 0 Å². The highest BCUT2D eigenvalue weighted by Crippen LogP contribution is 2.35.